The van der Waals surface area contributed by atoms with Crippen molar-refractivity contribution in [2.75, 3.05) is 13.2 Å². The summed E-state index contributed by atoms with van der Waals surface area (Å²) >= 11 is 0. The molecule has 0 aliphatic rings. The van der Waals surface area contributed by atoms with Crippen LogP contribution >= 0.6 is 0 Å². The largest absolute Gasteiger partial charge is 0.491 e. The number of halogens is 1. The van der Waals surface area contributed by atoms with Gasteiger partial charge in [0.2, 0.25) is 10.0 Å². The van der Waals surface area contributed by atoms with Gasteiger partial charge in [-0.15, -0.1) is 0 Å². The van der Waals surface area contributed by atoms with Gasteiger partial charge in [-0.25, -0.2) is 17.5 Å². The first-order chi connectivity index (χ1) is 7.51. The molecule has 0 atom stereocenters. The van der Waals surface area contributed by atoms with Crippen LogP contribution in [0, 0.1) is 5.82 Å². The Hall–Kier alpha value is -1.14. The van der Waals surface area contributed by atoms with E-state index in [9.17, 15) is 12.8 Å². The van der Waals surface area contributed by atoms with Gasteiger partial charge in [0.05, 0.1) is 11.5 Å². The fraction of sp³-hybridized carbons (Fsp3) is 0.400. The Morgan fingerprint density at radius 3 is 2.56 bits per heavy atom. The SMILES string of the molecule is CCNS(=O)(=O)c1ccc(OCC)c(F)c1. The first-order valence-corrected chi connectivity index (χ1v) is 6.41. The predicted octanol–water partition coefficient (Wildman–Crippen LogP) is 1.52. The molecule has 0 radical (unpaired) electrons. The number of hydrogen-bond donors (Lipinski definition) is 1. The smallest absolute Gasteiger partial charge is 0.240 e. The number of rotatable bonds is 5. The lowest BCUT2D eigenvalue weighted by Crippen LogP contribution is -2.23. The molecule has 4 nitrogen and oxygen atoms in total. The standard InChI is InChI=1S/C10H14FNO3S/c1-3-12-16(13,14)8-5-6-10(15-4-2)9(11)7-8/h5-7,12H,3-4H2,1-2H3. The normalized spacial score (nSPS) is 11.4. The summed E-state index contributed by atoms with van der Waals surface area (Å²) in [5.74, 6) is -0.626. The third-order valence-electron chi connectivity index (χ3n) is 1.85. The van der Waals surface area contributed by atoms with Crippen LogP contribution in [0.3, 0.4) is 0 Å². The van der Waals surface area contributed by atoms with Gasteiger partial charge in [-0.3, -0.25) is 0 Å². The van der Waals surface area contributed by atoms with Crippen LogP contribution in [0.5, 0.6) is 5.75 Å². The Morgan fingerprint density at radius 1 is 1.38 bits per heavy atom. The lowest BCUT2D eigenvalue weighted by molar-refractivity contribution is 0.321. The highest BCUT2D eigenvalue weighted by atomic mass is 32.2. The molecule has 0 unspecified atom stereocenters. The van der Waals surface area contributed by atoms with Crippen molar-refractivity contribution in [1.29, 1.82) is 0 Å². The zero-order valence-corrected chi connectivity index (χ0v) is 9.97. The van der Waals surface area contributed by atoms with Crippen molar-refractivity contribution in [3.63, 3.8) is 0 Å². The molecule has 0 aromatic heterocycles. The molecule has 0 spiro atoms. The van der Waals surface area contributed by atoms with Crippen molar-refractivity contribution in [1.82, 2.24) is 4.72 Å². The Bertz CT molecular complexity index is 459. The van der Waals surface area contributed by atoms with Crippen LogP contribution in [-0.4, -0.2) is 21.6 Å². The van der Waals surface area contributed by atoms with Crippen LogP contribution in [0.2, 0.25) is 0 Å². The molecule has 0 saturated carbocycles. The lowest BCUT2D eigenvalue weighted by atomic mass is 10.3. The summed E-state index contributed by atoms with van der Waals surface area (Å²) in [4.78, 5) is -0.102. The highest BCUT2D eigenvalue weighted by Crippen LogP contribution is 2.20. The maximum absolute atomic E-state index is 13.4. The van der Waals surface area contributed by atoms with Crippen molar-refractivity contribution in [3.8, 4) is 5.75 Å². The minimum absolute atomic E-state index is 0.0537. The molecule has 0 heterocycles. The van der Waals surface area contributed by atoms with Crippen molar-refractivity contribution < 1.29 is 17.5 Å². The van der Waals surface area contributed by atoms with Gasteiger partial charge in [0.15, 0.2) is 11.6 Å². The number of nitrogens with one attached hydrogen (secondary N) is 1. The van der Waals surface area contributed by atoms with Crippen molar-refractivity contribution in [2.45, 2.75) is 18.7 Å². The number of sulfonamides is 1. The van der Waals surface area contributed by atoms with E-state index in [0.29, 0.717) is 6.61 Å². The average Bonchev–Trinajstić information content (AvgIpc) is 2.21. The first-order valence-electron chi connectivity index (χ1n) is 4.93. The molecule has 0 saturated heterocycles. The number of hydrogen-bond acceptors (Lipinski definition) is 3. The summed E-state index contributed by atoms with van der Waals surface area (Å²) < 4.78 is 43.7. The van der Waals surface area contributed by atoms with Gasteiger partial charge in [-0.05, 0) is 25.1 Å². The van der Waals surface area contributed by atoms with Gasteiger partial charge in [0.25, 0.3) is 0 Å². The molecule has 0 amide bonds. The fourth-order valence-corrected chi connectivity index (χ4v) is 2.25. The fourth-order valence-electron chi connectivity index (χ4n) is 1.19. The van der Waals surface area contributed by atoms with Gasteiger partial charge in [-0.1, -0.05) is 6.92 Å². The van der Waals surface area contributed by atoms with E-state index in [-0.39, 0.29) is 17.2 Å². The number of ether oxygens (including phenoxy) is 1. The molecule has 0 bridgehead atoms. The summed E-state index contributed by atoms with van der Waals surface area (Å²) in [6, 6.07) is 3.57. The minimum Gasteiger partial charge on any atom is -0.491 e. The molecule has 1 aromatic carbocycles. The summed E-state index contributed by atoms with van der Waals surface area (Å²) in [6.07, 6.45) is 0. The summed E-state index contributed by atoms with van der Waals surface area (Å²) in [7, 11) is -3.61. The molecule has 6 heteroatoms. The second-order valence-electron chi connectivity index (χ2n) is 3.03. The Labute approximate surface area is 94.5 Å². The zero-order valence-electron chi connectivity index (χ0n) is 9.16. The average molecular weight is 247 g/mol. The molecule has 0 aliphatic heterocycles. The molecule has 16 heavy (non-hydrogen) atoms. The highest BCUT2D eigenvalue weighted by Gasteiger charge is 2.15. The molecular weight excluding hydrogens is 233 g/mol. The van der Waals surface area contributed by atoms with Gasteiger partial charge < -0.3 is 4.74 Å². The van der Waals surface area contributed by atoms with Crippen LogP contribution < -0.4 is 9.46 Å². The van der Waals surface area contributed by atoms with Crippen molar-refractivity contribution >= 4 is 10.0 Å². The molecule has 1 rings (SSSR count). The second kappa shape index (κ2) is 5.27. The van der Waals surface area contributed by atoms with E-state index >= 15 is 0 Å². The van der Waals surface area contributed by atoms with E-state index in [1.54, 1.807) is 13.8 Å². The van der Waals surface area contributed by atoms with Gasteiger partial charge in [0.1, 0.15) is 0 Å². The zero-order chi connectivity index (χ0) is 12.2. The quantitative estimate of drug-likeness (QED) is 0.858. The van der Waals surface area contributed by atoms with Crippen molar-refractivity contribution in [3.05, 3.63) is 24.0 Å². The minimum atomic E-state index is -3.61. The highest BCUT2D eigenvalue weighted by molar-refractivity contribution is 7.89. The van der Waals surface area contributed by atoms with Crippen LogP contribution in [-0.2, 0) is 10.0 Å². The molecule has 90 valence electrons. The van der Waals surface area contributed by atoms with E-state index in [0.717, 1.165) is 6.07 Å². The Morgan fingerprint density at radius 2 is 2.06 bits per heavy atom. The molecule has 0 aliphatic carbocycles. The molecular formula is C10H14FNO3S. The van der Waals surface area contributed by atoms with Crippen LogP contribution in [0.15, 0.2) is 23.1 Å². The van der Waals surface area contributed by atoms with Crippen molar-refractivity contribution in [2.24, 2.45) is 0 Å². The second-order valence-corrected chi connectivity index (χ2v) is 4.79. The molecule has 0 fully saturated rings. The van der Waals surface area contributed by atoms with Crippen LogP contribution in [0.1, 0.15) is 13.8 Å². The topological polar surface area (TPSA) is 55.4 Å². The molecule has 1 aromatic rings. The van der Waals surface area contributed by atoms with Gasteiger partial charge in [-0.2, -0.15) is 0 Å². The summed E-state index contributed by atoms with van der Waals surface area (Å²) in [5, 5.41) is 0. The van der Waals surface area contributed by atoms with Gasteiger partial charge in [0, 0.05) is 6.54 Å². The molecule has 1 N–H and O–H groups in total. The van der Waals surface area contributed by atoms with E-state index in [1.807, 2.05) is 0 Å². The maximum atomic E-state index is 13.4. The summed E-state index contributed by atoms with van der Waals surface area (Å²) in [6.45, 7) is 3.97. The predicted molar refractivity (Wildman–Crippen MR) is 58.4 cm³/mol. The van der Waals surface area contributed by atoms with E-state index in [2.05, 4.69) is 4.72 Å². The van der Waals surface area contributed by atoms with E-state index in [1.165, 1.54) is 12.1 Å². The third-order valence-corrected chi connectivity index (χ3v) is 3.39. The van der Waals surface area contributed by atoms with E-state index in [4.69, 9.17) is 4.74 Å². The third kappa shape index (κ3) is 2.93. The number of benzene rings is 1. The first kappa shape index (κ1) is 12.9. The van der Waals surface area contributed by atoms with Crippen LogP contribution in [0.4, 0.5) is 4.39 Å². The summed E-state index contributed by atoms with van der Waals surface area (Å²) in [5.41, 5.74) is 0. The van der Waals surface area contributed by atoms with Crippen LogP contribution in [0.25, 0.3) is 0 Å². The van der Waals surface area contributed by atoms with E-state index < -0.39 is 15.8 Å². The Balaban J connectivity index is 3.06. The maximum Gasteiger partial charge on any atom is 0.240 e. The van der Waals surface area contributed by atoms with Gasteiger partial charge >= 0.3 is 0 Å². The monoisotopic (exact) mass is 247 g/mol. The Kier molecular flexibility index (Phi) is 4.26. The lowest BCUT2D eigenvalue weighted by Gasteiger charge is -2.07.